The topological polar surface area (TPSA) is 69.9 Å². The molecule has 6 heteroatoms. The van der Waals surface area contributed by atoms with Crippen molar-refractivity contribution in [2.45, 2.75) is 51.1 Å². The molecule has 0 aliphatic carbocycles. The van der Waals surface area contributed by atoms with Gasteiger partial charge in [-0.25, -0.2) is 8.78 Å². The molecular weight excluding hydrogens is 366 g/mol. The molecule has 1 aliphatic heterocycles. The number of aliphatic hydroxyl groups excluding tert-OH is 3. The van der Waals surface area contributed by atoms with Crippen LogP contribution in [0.15, 0.2) is 36.4 Å². The first-order valence-electron chi connectivity index (χ1n) is 9.42. The highest BCUT2D eigenvalue weighted by molar-refractivity contribution is 5.65. The normalized spacial score (nSPS) is 28.9. The second-order valence-electron chi connectivity index (χ2n) is 7.68. The lowest BCUT2D eigenvalue weighted by atomic mass is 9.80. The Morgan fingerprint density at radius 1 is 1.00 bits per heavy atom. The summed E-state index contributed by atoms with van der Waals surface area (Å²) in [6.45, 7) is 5.25. The lowest BCUT2D eigenvalue weighted by Gasteiger charge is -2.43. The molecule has 4 nitrogen and oxygen atoms in total. The van der Waals surface area contributed by atoms with Gasteiger partial charge in [0.1, 0.15) is 17.7 Å². The molecule has 0 unspecified atom stereocenters. The van der Waals surface area contributed by atoms with Gasteiger partial charge in [0.05, 0.1) is 24.9 Å². The maximum atomic E-state index is 13.5. The first-order chi connectivity index (χ1) is 13.2. The van der Waals surface area contributed by atoms with Gasteiger partial charge in [-0.15, -0.1) is 0 Å². The summed E-state index contributed by atoms with van der Waals surface area (Å²) in [5, 5.41) is 30.3. The number of benzene rings is 2. The summed E-state index contributed by atoms with van der Waals surface area (Å²) < 4.78 is 32.9. The molecule has 0 spiro atoms. The Hall–Kier alpha value is -1.86. The molecule has 1 saturated heterocycles. The van der Waals surface area contributed by atoms with Gasteiger partial charge in [-0.2, -0.15) is 0 Å². The zero-order valence-corrected chi connectivity index (χ0v) is 16.1. The van der Waals surface area contributed by atoms with E-state index in [2.05, 4.69) is 0 Å². The number of hydrogen-bond acceptors (Lipinski definition) is 4. The highest BCUT2D eigenvalue weighted by atomic mass is 19.1. The molecule has 2 aromatic rings. The monoisotopic (exact) mass is 392 g/mol. The quantitative estimate of drug-likeness (QED) is 0.748. The van der Waals surface area contributed by atoms with E-state index in [0.717, 1.165) is 17.2 Å². The fourth-order valence-electron chi connectivity index (χ4n) is 4.02. The van der Waals surface area contributed by atoms with E-state index in [1.165, 1.54) is 12.1 Å². The molecule has 1 heterocycles. The zero-order chi connectivity index (χ0) is 20.6. The fourth-order valence-corrected chi connectivity index (χ4v) is 4.02. The number of hydrogen-bond donors (Lipinski definition) is 3. The van der Waals surface area contributed by atoms with E-state index in [-0.39, 0.29) is 18.4 Å². The average molecular weight is 392 g/mol. The van der Waals surface area contributed by atoms with Gasteiger partial charge in [0.25, 0.3) is 0 Å². The molecule has 6 atom stereocenters. The second kappa shape index (κ2) is 8.25. The van der Waals surface area contributed by atoms with E-state index in [9.17, 15) is 24.1 Å². The fraction of sp³-hybridized carbons (Fsp3) is 0.455. The van der Waals surface area contributed by atoms with Gasteiger partial charge >= 0.3 is 0 Å². The number of rotatable bonds is 4. The van der Waals surface area contributed by atoms with E-state index in [1.54, 1.807) is 13.0 Å². The van der Waals surface area contributed by atoms with Crippen LogP contribution in [0.1, 0.15) is 30.9 Å². The molecule has 3 N–H and O–H groups in total. The number of halogens is 2. The van der Waals surface area contributed by atoms with Crippen LogP contribution in [-0.2, 0) is 4.74 Å². The van der Waals surface area contributed by atoms with E-state index in [4.69, 9.17) is 4.74 Å². The average Bonchev–Trinajstić information content (AvgIpc) is 2.65. The lowest BCUT2D eigenvalue weighted by molar-refractivity contribution is -0.209. The molecule has 0 aromatic heterocycles. The predicted molar refractivity (Wildman–Crippen MR) is 102 cm³/mol. The van der Waals surface area contributed by atoms with E-state index in [0.29, 0.717) is 11.1 Å². The van der Waals surface area contributed by atoms with E-state index in [1.807, 2.05) is 26.0 Å². The summed E-state index contributed by atoms with van der Waals surface area (Å²) >= 11 is 0. The highest BCUT2D eigenvalue weighted by Crippen LogP contribution is 2.36. The van der Waals surface area contributed by atoms with Crippen molar-refractivity contribution in [1.82, 2.24) is 0 Å². The van der Waals surface area contributed by atoms with Crippen LogP contribution in [0.2, 0.25) is 0 Å². The Bertz CT molecular complexity index is 819. The summed E-state index contributed by atoms with van der Waals surface area (Å²) in [6.07, 6.45) is -3.31. The van der Waals surface area contributed by atoms with Crippen LogP contribution in [0.25, 0.3) is 11.1 Å². The minimum Gasteiger partial charge on any atom is -0.394 e. The Morgan fingerprint density at radius 2 is 1.64 bits per heavy atom. The van der Waals surface area contributed by atoms with Crippen LogP contribution in [0, 0.1) is 24.5 Å². The largest absolute Gasteiger partial charge is 0.394 e. The minimum absolute atomic E-state index is 0.239. The predicted octanol–water partition coefficient (Wildman–Crippen LogP) is 3.16. The van der Waals surface area contributed by atoms with Gasteiger partial charge in [-0.05, 0) is 41.3 Å². The molecule has 1 fully saturated rings. The summed E-state index contributed by atoms with van der Waals surface area (Å²) in [5.74, 6) is -1.91. The van der Waals surface area contributed by atoms with Gasteiger partial charge < -0.3 is 20.1 Å². The van der Waals surface area contributed by atoms with Crippen molar-refractivity contribution in [3.05, 3.63) is 59.2 Å². The number of aliphatic hydroxyl groups is 3. The molecule has 152 valence electrons. The number of aryl methyl sites for hydroxylation is 1. The SMILES string of the molecule is Cc1cc(-c2cc(F)cc(F)c2)ccc1[C@@H](C)[C@H]1O[C@H](CO)[C@@H](C)[C@H](O)[C@@H]1O. The molecule has 0 radical (unpaired) electrons. The highest BCUT2D eigenvalue weighted by Gasteiger charge is 2.44. The first kappa shape index (κ1) is 20.9. The van der Waals surface area contributed by atoms with Crippen molar-refractivity contribution >= 4 is 0 Å². The smallest absolute Gasteiger partial charge is 0.126 e. The summed E-state index contributed by atoms with van der Waals surface area (Å²) in [5.41, 5.74) is 2.89. The van der Waals surface area contributed by atoms with Crippen molar-refractivity contribution in [3.63, 3.8) is 0 Å². The van der Waals surface area contributed by atoms with Crippen LogP contribution in [0.4, 0.5) is 8.78 Å². The van der Waals surface area contributed by atoms with Crippen molar-refractivity contribution in [1.29, 1.82) is 0 Å². The minimum atomic E-state index is -1.08. The molecule has 3 rings (SSSR count). The van der Waals surface area contributed by atoms with Crippen molar-refractivity contribution in [2.75, 3.05) is 6.61 Å². The van der Waals surface area contributed by atoms with Gasteiger partial charge in [-0.1, -0.05) is 32.0 Å². The van der Waals surface area contributed by atoms with Gasteiger partial charge in [0.15, 0.2) is 0 Å². The lowest BCUT2D eigenvalue weighted by Crippen LogP contribution is -2.56. The maximum Gasteiger partial charge on any atom is 0.126 e. The molecular formula is C22H26F2O4. The third-order valence-electron chi connectivity index (χ3n) is 5.77. The Kier molecular flexibility index (Phi) is 6.15. The first-order valence-corrected chi connectivity index (χ1v) is 9.42. The van der Waals surface area contributed by atoms with Crippen LogP contribution < -0.4 is 0 Å². The molecule has 2 aromatic carbocycles. The summed E-state index contributed by atoms with van der Waals surface area (Å²) in [4.78, 5) is 0. The number of ether oxygens (including phenoxy) is 1. The zero-order valence-electron chi connectivity index (χ0n) is 16.1. The van der Waals surface area contributed by atoms with Crippen LogP contribution in [-0.4, -0.2) is 46.3 Å². The Morgan fingerprint density at radius 3 is 2.21 bits per heavy atom. The van der Waals surface area contributed by atoms with Crippen molar-refractivity contribution in [3.8, 4) is 11.1 Å². The van der Waals surface area contributed by atoms with Gasteiger partial charge in [0, 0.05) is 17.9 Å². The van der Waals surface area contributed by atoms with E-state index >= 15 is 0 Å². The second-order valence-corrected chi connectivity index (χ2v) is 7.68. The molecule has 28 heavy (non-hydrogen) atoms. The van der Waals surface area contributed by atoms with Crippen molar-refractivity contribution in [2.24, 2.45) is 5.92 Å². The van der Waals surface area contributed by atoms with Crippen LogP contribution in [0.5, 0.6) is 0 Å². The van der Waals surface area contributed by atoms with Gasteiger partial charge in [-0.3, -0.25) is 0 Å². The van der Waals surface area contributed by atoms with Crippen molar-refractivity contribution < 1.29 is 28.8 Å². The third-order valence-corrected chi connectivity index (χ3v) is 5.77. The van der Waals surface area contributed by atoms with Crippen LogP contribution in [0.3, 0.4) is 0 Å². The molecule has 1 aliphatic rings. The van der Waals surface area contributed by atoms with Gasteiger partial charge in [0.2, 0.25) is 0 Å². The van der Waals surface area contributed by atoms with Crippen LogP contribution >= 0.6 is 0 Å². The Balaban J connectivity index is 1.89. The van der Waals surface area contributed by atoms with E-state index < -0.39 is 36.1 Å². The maximum absolute atomic E-state index is 13.5. The summed E-state index contributed by atoms with van der Waals surface area (Å²) in [7, 11) is 0. The standard InChI is InChI=1S/C22H26F2O4/c1-11-6-14(15-7-16(23)9-17(24)8-15)4-5-18(11)12(2)22-21(27)20(26)13(3)19(10-25)28-22/h4-9,12-13,19-22,25-27H,10H2,1-3H3/t12-,13-,19-,20+,21+,22-/m1/s1. The third kappa shape index (κ3) is 3.96. The summed E-state index contributed by atoms with van der Waals surface area (Å²) in [6, 6.07) is 8.82. The molecule has 0 bridgehead atoms. The molecule has 0 amide bonds. The Labute approximate surface area is 163 Å². The molecule has 0 saturated carbocycles.